The molecular formula is C125H80N16. The lowest BCUT2D eigenvalue weighted by molar-refractivity contribution is 1.19. The van der Waals surface area contributed by atoms with Crippen LogP contribution in [-0.2, 0) is 0 Å². The maximum Gasteiger partial charge on any atom is 0.165 e. The summed E-state index contributed by atoms with van der Waals surface area (Å²) in [6.07, 6.45) is 16.9. The van der Waals surface area contributed by atoms with Gasteiger partial charge in [-0.15, -0.1) is 0 Å². The van der Waals surface area contributed by atoms with Crippen molar-refractivity contribution >= 4 is 82.8 Å². The van der Waals surface area contributed by atoms with Crippen LogP contribution in [0.3, 0.4) is 0 Å². The molecule has 27 aromatic rings. The Morgan fingerprint density at radius 1 is 0.149 bits per heavy atom. The molecule has 0 saturated carbocycles. The highest BCUT2D eigenvalue weighted by molar-refractivity contribution is 6.12. The quantitative estimate of drug-likeness (QED) is 0.0946. The van der Waals surface area contributed by atoms with Gasteiger partial charge in [0.25, 0.3) is 0 Å². The molecular weight excluding hydrogens is 1730 g/mol. The molecule has 141 heavy (non-hydrogen) atoms. The van der Waals surface area contributed by atoms with Crippen molar-refractivity contribution in [3.8, 4) is 168 Å². The van der Waals surface area contributed by atoms with Crippen LogP contribution >= 0.6 is 0 Å². The van der Waals surface area contributed by atoms with Gasteiger partial charge in [0.1, 0.15) is 33.5 Å². The van der Waals surface area contributed by atoms with E-state index in [-0.39, 0.29) is 0 Å². The highest BCUT2D eigenvalue weighted by atomic mass is 15.1. The van der Waals surface area contributed by atoms with Crippen LogP contribution in [-0.4, -0.2) is 78.0 Å². The van der Waals surface area contributed by atoms with Crippen LogP contribution in [0.15, 0.2) is 486 Å². The van der Waals surface area contributed by atoms with Crippen molar-refractivity contribution in [1.29, 1.82) is 0 Å². The Morgan fingerprint density at radius 2 is 0.404 bits per heavy atom. The Kier molecular flexibility index (Phi) is 21.5. The second kappa shape index (κ2) is 36.4. The molecule has 0 spiro atoms. The van der Waals surface area contributed by atoms with Crippen molar-refractivity contribution in [2.75, 3.05) is 0 Å². The van der Waals surface area contributed by atoms with E-state index in [0.717, 1.165) is 251 Å². The molecule has 16 heteroatoms. The van der Waals surface area contributed by atoms with Crippen molar-refractivity contribution in [3.05, 3.63) is 486 Å². The second-order valence-corrected chi connectivity index (χ2v) is 34.7. The van der Waals surface area contributed by atoms with E-state index in [9.17, 15) is 0 Å². The van der Waals surface area contributed by atoms with Gasteiger partial charge in [-0.2, -0.15) is 0 Å². The molecule has 0 aliphatic carbocycles. The SMILES string of the molecule is c1cc(-c2cccc(-c3nc4c(nc5ccccn54)c4ccccc34)c2)cc(-c2cc(-c3cccnc3)nc(-c3cccnc3)c2)c1.c1ccc(-c2cc(-c3cccc(-c4cccc(-c5nc6c(nc7ccccn76)c6ccccc56)c4)c3)cc(-c3ccccc3)n2)cc1.c1ccc(-c2cc(-c3cccc(-c4cccc(-c5nc6c(nc7ccccn76)c6ccccc56)c4)c3)cc(-c3ccccn3)n2)nc1. The molecule has 16 nitrogen and oxygen atoms in total. The average Bonchev–Trinajstić information content (AvgIpc) is 1.61. The van der Waals surface area contributed by atoms with Crippen molar-refractivity contribution in [2.24, 2.45) is 0 Å². The van der Waals surface area contributed by atoms with Crippen molar-refractivity contribution in [1.82, 2.24) is 78.0 Å². The van der Waals surface area contributed by atoms with Crippen LogP contribution in [0.25, 0.3) is 251 Å². The molecule has 0 atom stereocenters. The number of hydrogen-bond acceptors (Lipinski definition) is 13. The maximum absolute atomic E-state index is 5.23. The fourth-order valence-corrected chi connectivity index (χ4v) is 19.1. The lowest BCUT2D eigenvalue weighted by Crippen LogP contribution is -1.94. The van der Waals surface area contributed by atoms with Crippen LogP contribution in [0.2, 0.25) is 0 Å². The van der Waals surface area contributed by atoms with Crippen molar-refractivity contribution in [3.63, 3.8) is 0 Å². The van der Waals surface area contributed by atoms with Crippen LogP contribution < -0.4 is 0 Å². The molecule has 0 fully saturated rings. The zero-order chi connectivity index (χ0) is 93.5. The van der Waals surface area contributed by atoms with E-state index in [1.807, 2.05) is 158 Å². The Hall–Kier alpha value is -19.5. The normalized spacial score (nSPS) is 11.4. The Balaban J connectivity index is 0.000000111. The first-order chi connectivity index (χ1) is 69.8. The highest BCUT2D eigenvalue weighted by Crippen LogP contribution is 2.43. The predicted molar refractivity (Wildman–Crippen MR) is 570 cm³/mol. The molecule has 11 aromatic carbocycles. The zero-order valence-electron chi connectivity index (χ0n) is 75.8. The van der Waals surface area contributed by atoms with E-state index in [1.165, 1.54) is 0 Å². The molecule has 0 amide bonds. The molecule has 0 aliphatic rings. The van der Waals surface area contributed by atoms with E-state index in [1.54, 1.807) is 24.8 Å². The summed E-state index contributed by atoms with van der Waals surface area (Å²) in [5.74, 6) is 0. The largest absolute Gasteiger partial charge is 0.284 e. The number of nitrogens with zero attached hydrogens (tertiary/aromatic N) is 16. The first-order valence-electron chi connectivity index (χ1n) is 46.8. The molecule has 0 unspecified atom stereocenters. The minimum atomic E-state index is 0.803. The summed E-state index contributed by atoms with van der Waals surface area (Å²) in [5, 5.41) is 6.54. The first kappa shape index (κ1) is 83.4. The van der Waals surface area contributed by atoms with E-state index in [2.05, 4.69) is 336 Å². The summed E-state index contributed by atoms with van der Waals surface area (Å²) in [7, 11) is 0. The zero-order valence-corrected chi connectivity index (χ0v) is 75.8. The summed E-state index contributed by atoms with van der Waals surface area (Å²) in [6.45, 7) is 0. The minimum absolute atomic E-state index is 0.803. The monoisotopic (exact) mass is 1800 g/mol. The summed E-state index contributed by atoms with van der Waals surface area (Å²) in [5.41, 5.74) is 38.3. The number of rotatable bonds is 15. The van der Waals surface area contributed by atoms with Gasteiger partial charge < -0.3 is 0 Å². The van der Waals surface area contributed by atoms with Gasteiger partial charge in [-0.05, 0) is 224 Å². The second-order valence-electron chi connectivity index (χ2n) is 34.7. The number of hydrogen-bond donors (Lipinski definition) is 0. The van der Waals surface area contributed by atoms with Gasteiger partial charge in [0.15, 0.2) is 16.9 Å². The third-order valence-electron chi connectivity index (χ3n) is 25.9. The first-order valence-corrected chi connectivity index (χ1v) is 46.8. The van der Waals surface area contributed by atoms with E-state index >= 15 is 0 Å². The van der Waals surface area contributed by atoms with Gasteiger partial charge in [0, 0.05) is 127 Å². The van der Waals surface area contributed by atoms with Crippen LogP contribution in [0, 0.1) is 0 Å². The Morgan fingerprint density at radius 3 is 0.716 bits per heavy atom. The molecule has 27 rings (SSSR count). The summed E-state index contributed by atoms with van der Waals surface area (Å²) >= 11 is 0. The summed E-state index contributed by atoms with van der Waals surface area (Å²) in [6, 6.07) is 149. The molecule has 660 valence electrons. The summed E-state index contributed by atoms with van der Waals surface area (Å²) in [4.78, 5) is 63.3. The Labute approximate surface area is 810 Å². The topological polar surface area (TPSA) is 181 Å². The molecule has 0 saturated heterocycles. The smallest absolute Gasteiger partial charge is 0.165 e. The van der Waals surface area contributed by atoms with Crippen LogP contribution in [0.1, 0.15) is 0 Å². The van der Waals surface area contributed by atoms with Crippen LogP contribution in [0.5, 0.6) is 0 Å². The lowest BCUT2D eigenvalue weighted by Gasteiger charge is -2.12. The Bertz CT molecular complexity index is 8410. The van der Waals surface area contributed by atoms with Crippen molar-refractivity contribution < 1.29 is 0 Å². The number of aromatic nitrogens is 16. The number of pyridine rings is 13. The van der Waals surface area contributed by atoms with Crippen molar-refractivity contribution in [2.45, 2.75) is 0 Å². The van der Waals surface area contributed by atoms with Gasteiger partial charge in [-0.3, -0.25) is 33.1 Å². The molecule has 16 heterocycles. The van der Waals surface area contributed by atoms with Crippen LogP contribution in [0.4, 0.5) is 0 Å². The fraction of sp³-hybridized carbons (Fsp3) is 0. The number of benzene rings is 11. The molecule has 0 radical (unpaired) electrons. The van der Waals surface area contributed by atoms with Gasteiger partial charge in [-0.1, -0.05) is 273 Å². The minimum Gasteiger partial charge on any atom is -0.284 e. The van der Waals surface area contributed by atoms with Gasteiger partial charge in [-0.25, -0.2) is 44.9 Å². The third-order valence-corrected chi connectivity index (χ3v) is 25.9. The standard InChI is InChI=1S/C43H28N4.2C41H26N6/c1-3-13-29(14-4-1)38-27-35(28-39(44-38)30-15-5-2-6-16-30)33-19-11-17-31(25-33)32-18-12-20-34(26-32)41-36-21-7-8-22-37(36)42-43(46-41)47-24-10-9-23-40(47)45-42;1-2-16-33-32(15-1)39(46-41-40(33)45-38-19-5-8-22-47(38)41)30-14-10-12-28(24-30)27-11-9-13-29(23-27)31-25-36(34-17-3-6-20-42-34)44-37(26-31)35-18-4-7-21-43-35;1-2-16-35-34(15-1)39(46-41-40(35)45-38-17-3-4-20-47(38)41)30-12-6-10-28(22-30)27-9-5-11-29(21-27)33-23-36(31-13-7-18-42-25-31)44-37(24-33)32-14-8-19-43-26-32/h1-28H;2*1-26H. The predicted octanol–water partition coefficient (Wildman–Crippen LogP) is 29.9. The van der Waals surface area contributed by atoms with E-state index in [4.69, 9.17) is 44.9 Å². The number of imidazole rings is 3. The molecule has 0 bridgehead atoms. The van der Waals surface area contributed by atoms with Gasteiger partial charge in [0.2, 0.25) is 0 Å². The van der Waals surface area contributed by atoms with E-state index < -0.39 is 0 Å². The lowest BCUT2D eigenvalue weighted by atomic mass is 9.95. The molecule has 0 aliphatic heterocycles. The third kappa shape index (κ3) is 16.3. The molecule has 0 N–H and O–H groups in total. The number of fused-ring (bicyclic) bond motifs is 15. The molecule has 16 aromatic heterocycles. The maximum atomic E-state index is 5.23. The van der Waals surface area contributed by atoms with E-state index in [0.29, 0.717) is 0 Å². The highest BCUT2D eigenvalue weighted by Gasteiger charge is 2.23. The summed E-state index contributed by atoms with van der Waals surface area (Å²) < 4.78 is 6.19. The van der Waals surface area contributed by atoms with Gasteiger partial charge >= 0.3 is 0 Å². The fourth-order valence-electron chi connectivity index (χ4n) is 19.1. The van der Waals surface area contributed by atoms with Gasteiger partial charge in [0.05, 0.1) is 62.6 Å². The average molecular weight is 1810 g/mol.